The number of nitrogens with one attached hydrogen (secondary N) is 1. The molecule has 0 aromatic carbocycles. The lowest BCUT2D eigenvalue weighted by atomic mass is 10.0. The summed E-state index contributed by atoms with van der Waals surface area (Å²) < 4.78 is 0. The Hall–Kier alpha value is -1.63. The maximum atomic E-state index is 8.93. The number of nitrogens with two attached hydrogens (primary N) is 1. The van der Waals surface area contributed by atoms with Gasteiger partial charge in [0.2, 0.25) is 17.8 Å². The minimum absolute atomic E-state index is 0.197. The average Bonchev–Trinajstić information content (AvgIpc) is 2.33. The lowest BCUT2D eigenvalue weighted by molar-refractivity contribution is 0.258. The molecule has 0 radical (unpaired) electrons. The quantitative estimate of drug-likeness (QED) is 0.645. The Morgan fingerprint density at radius 3 is 2.61 bits per heavy atom. The van der Waals surface area contributed by atoms with Crippen molar-refractivity contribution in [2.75, 3.05) is 43.2 Å². The highest BCUT2D eigenvalue weighted by Crippen LogP contribution is 2.12. The molecule has 0 aliphatic heterocycles. The van der Waals surface area contributed by atoms with Gasteiger partial charge in [-0.1, -0.05) is 13.3 Å². The van der Waals surface area contributed by atoms with E-state index >= 15 is 0 Å². The first kappa shape index (κ1) is 14.4. The van der Waals surface area contributed by atoms with Crippen molar-refractivity contribution >= 4 is 17.8 Å². The number of hydrogen-bond donors (Lipinski definition) is 3. The lowest BCUT2D eigenvalue weighted by Gasteiger charge is -2.16. The normalized spacial score (nSPS) is 12.2. The van der Waals surface area contributed by atoms with E-state index in [-0.39, 0.29) is 12.6 Å². The molecule has 1 aromatic heterocycles. The number of nitrogens with zero attached hydrogens (tertiary/aromatic N) is 4. The zero-order valence-corrected chi connectivity index (χ0v) is 11.2. The third-order valence-electron chi connectivity index (χ3n) is 2.70. The highest BCUT2D eigenvalue weighted by atomic mass is 16.3. The highest BCUT2D eigenvalue weighted by molar-refractivity contribution is 5.40. The maximum absolute atomic E-state index is 8.93. The minimum Gasteiger partial charge on any atom is -0.396 e. The first-order valence-corrected chi connectivity index (χ1v) is 6.10. The molecule has 0 spiro atoms. The van der Waals surface area contributed by atoms with Gasteiger partial charge in [-0.2, -0.15) is 15.0 Å². The number of aliphatic hydroxyl groups is 1. The van der Waals surface area contributed by atoms with Crippen molar-refractivity contribution in [3.05, 3.63) is 0 Å². The van der Waals surface area contributed by atoms with E-state index in [4.69, 9.17) is 10.8 Å². The standard InChI is InChI=1S/C11H22N6O/c1-4-8(5-6-18)7-13-10-14-9(12)15-11(16-10)17(2)3/h8,18H,4-7H2,1-3H3,(H3,12,13,14,15,16). The Labute approximate surface area is 107 Å². The summed E-state index contributed by atoms with van der Waals surface area (Å²) >= 11 is 0. The Morgan fingerprint density at radius 1 is 1.33 bits per heavy atom. The van der Waals surface area contributed by atoms with Gasteiger partial charge in [0.1, 0.15) is 0 Å². The van der Waals surface area contributed by atoms with Crippen molar-refractivity contribution in [1.82, 2.24) is 15.0 Å². The molecule has 0 bridgehead atoms. The third-order valence-corrected chi connectivity index (χ3v) is 2.70. The largest absolute Gasteiger partial charge is 0.396 e. The SMILES string of the molecule is CCC(CCO)CNc1nc(N)nc(N(C)C)n1. The molecule has 1 unspecified atom stereocenters. The van der Waals surface area contributed by atoms with Gasteiger partial charge >= 0.3 is 0 Å². The number of rotatable bonds is 7. The predicted octanol–water partition coefficient (Wildman–Crippen LogP) is 0.340. The summed E-state index contributed by atoms with van der Waals surface area (Å²) in [6.45, 7) is 3.00. The molecule has 0 fully saturated rings. The monoisotopic (exact) mass is 254 g/mol. The van der Waals surface area contributed by atoms with Gasteiger partial charge in [-0.15, -0.1) is 0 Å². The molecule has 0 aliphatic carbocycles. The van der Waals surface area contributed by atoms with Crippen LogP contribution in [0.25, 0.3) is 0 Å². The summed E-state index contributed by atoms with van der Waals surface area (Å²) in [5.74, 6) is 1.60. The summed E-state index contributed by atoms with van der Waals surface area (Å²) in [5.41, 5.74) is 5.63. The van der Waals surface area contributed by atoms with Crippen LogP contribution in [-0.4, -0.2) is 47.3 Å². The van der Waals surface area contributed by atoms with E-state index < -0.39 is 0 Å². The fourth-order valence-corrected chi connectivity index (χ4v) is 1.53. The van der Waals surface area contributed by atoms with Crippen LogP contribution in [0.15, 0.2) is 0 Å². The number of aromatic nitrogens is 3. The van der Waals surface area contributed by atoms with E-state index in [0.717, 1.165) is 12.8 Å². The second-order valence-corrected chi connectivity index (χ2v) is 4.38. The van der Waals surface area contributed by atoms with Crippen molar-refractivity contribution in [3.8, 4) is 0 Å². The minimum atomic E-state index is 0.197. The van der Waals surface area contributed by atoms with E-state index in [1.807, 2.05) is 14.1 Å². The molecular weight excluding hydrogens is 232 g/mol. The molecule has 7 heteroatoms. The van der Waals surface area contributed by atoms with Crippen LogP contribution in [0.1, 0.15) is 19.8 Å². The molecule has 7 nitrogen and oxygen atoms in total. The van der Waals surface area contributed by atoms with E-state index in [0.29, 0.717) is 24.4 Å². The van der Waals surface area contributed by atoms with Crippen molar-refractivity contribution in [2.24, 2.45) is 5.92 Å². The van der Waals surface area contributed by atoms with Crippen LogP contribution in [0, 0.1) is 5.92 Å². The molecule has 0 saturated carbocycles. The van der Waals surface area contributed by atoms with Gasteiger partial charge in [0.15, 0.2) is 0 Å². The van der Waals surface area contributed by atoms with E-state index in [9.17, 15) is 0 Å². The van der Waals surface area contributed by atoms with Crippen LogP contribution in [0.5, 0.6) is 0 Å². The molecule has 18 heavy (non-hydrogen) atoms. The molecule has 0 saturated heterocycles. The first-order chi connectivity index (χ1) is 8.56. The Bertz CT molecular complexity index is 371. The van der Waals surface area contributed by atoms with Gasteiger partial charge in [0.25, 0.3) is 0 Å². The Balaban J connectivity index is 2.66. The smallest absolute Gasteiger partial charge is 0.231 e. The number of nitrogen functional groups attached to an aromatic ring is 1. The first-order valence-electron chi connectivity index (χ1n) is 6.10. The van der Waals surface area contributed by atoms with Gasteiger partial charge in [-0.25, -0.2) is 0 Å². The summed E-state index contributed by atoms with van der Waals surface area (Å²) in [6, 6.07) is 0. The van der Waals surface area contributed by atoms with Crippen LogP contribution in [0.2, 0.25) is 0 Å². The molecule has 0 amide bonds. The maximum Gasteiger partial charge on any atom is 0.231 e. The molecule has 1 atom stereocenters. The fraction of sp³-hybridized carbons (Fsp3) is 0.727. The number of hydrogen-bond acceptors (Lipinski definition) is 7. The second kappa shape index (κ2) is 6.95. The Kier molecular flexibility index (Phi) is 5.57. The number of aliphatic hydroxyl groups excluding tert-OH is 1. The van der Waals surface area contributed by atoms with Gasteiger partial charge < -0.3 is 21.1 Å². The zero-order valence-electron chi connectivity index (χ0n) is 11.2. The van der Waals surface area contributed by atoms with E-state index in [1.165, 1.54) is 0 Å². The van der Waals surface area contributed by atoms with Gasteiger partial charge in [0.05, 0.1) is 0 Å². The summed E-state index contributed by atoms with van der Waals surface area (Å²) in [7, 11) is 3.69. The molecule has 1 rings (SSSR count). The lowest BCUT2D eigenvalue weighted by Crippen LogP contribution is -2.19. The summed E-state index contributed by atoms with van der Waals surface area (Å²) in [5, 5.41) is 12.1. The van der Waals surface area contributed by atoms with Gasteiger partial charge in [0, 0.05) is 27.2 Å². The van der Waals surface area contributed by atoms with Gasteiger partial charge in [-0.05, 0) is 12.3 Å². The highest BCUT2D eigenvalue weighted by Gasteiger charge is 2.09. The van der Waals surface area contributed by atoms with Crippen LogP contribution < -0.4 is 16.0 Å². The van der Waals surface area contributed by atoms with Crippen LogP contribution >= 0.6 is 0 Å². The molecule has 4 N–H and O–H groups in total. The van der Waals surface area contributed by atoms with Crippen LogP contribution in [0.4, 0.5) is 17.8 Å². The van der Waals surface area contributed by atoms with Crippen LogP contribution in [-0.2, 0) is 0 Å². The molecular formula is C11H22N6O. The van der Waals surface area contributed by atoms with Crippen molar-refractivity contribution in [2.45, 2.75) is 19.8 Å². The van der Waals surface area contributed by atoms with Crippen molar-refractivity contribution < 1.29 is 5.11 Å². The van der Waals surface area contributed by atoms with E-state index in [1.54, 1.807) is 4.90 Å². The summed E-state index contributed by atoms with van der Waals surface area (Å²) in [6.07, 6.45) is 1.76. The molecule has 0 aliphatic rings. The van der Waals surface area contributed by atoms with E-state index in [2.05, 4.69) is 27.2 Å². The molecule has 1 aromatic rings. The van der Waals surface area contributed by atoms with Crippen LogP contribution in [0.3, 0.4) is 0 Å². The molecule has 102 valence electrons. The predicted molar refractivity (Wildman–Crippen MR) is 72.5 cm³/mol. The zero-order chi connectivity index (χ0) is 13.5. The van der Waals surface area contributed by atoms with Gasteiger partial charge in [-0.3, -0.25) is 0 Å². The average molecular weight is 254 g/mol. The third kappa shape index (κ3) is 4.33. The number of anilines is 3. The fourth-order valence-electron chi connectivity index (χ4n) is 1.53. The molecule has 1 heterocycles. The topological polar surface area (TPSA) is 100 Å². The Morgan fingerprint density at radius 2 is 2.06 bits per heavy atom. The van der Waals surface area contributed by atoms with Crippen molar-refractivity contribution in [3.63, 3.8) is 0 Å². The van der Waals surface area contributed by atoms with Crippen molar-refractivity contribution in [1.29, 1.82) is 0 Å². The summed E-state index contributed by atoms with van der Waals surface area (Å²) in [4.78, 5) is 14.1. The second-order valence-electron chi connectivity index (χ2n) is 4.38.